The molecule has 0 aliphatic heterocycles. The van der Waals surface area contributed by atoms with Crippen molar-refractivity contribution in [3.63, 3.8) is 0 Å². The van der Waals surface area contributed by atoms with Gasteiger partial charge in [-0.2, -0.15) is 0 Å². The van der Waals surface area contributed by atoms with Crippen LogP contribution in [0, 0.1) is 0 Å². The lowest BCUT2D eigenvalue weighted by Crippen LogP contribution is -2.23. The zero-order chi connectivity index (χ0) is 15.8. The molecule has 0 spiro atoms. The first kappa shape index (κ1) is 17.3. The first-order chi connectivity index (χ1) is 9.93. The summed E-state index contributed by atoms with van der Waals surface area (Å²) in [5, 5.41) is 25.3. The van der Waals surface area contributed by atoms with Crippen molar-refractivity contribution in [2.45, 2.75) is 32.0 Å². The van der Waals surface area contributed by atoms with Gasteiger partial charge in [0.2, 0.25) is 5.91 Å². The molecule has 2 unspecified atom stereocenters. The van der Waals surface area contributed by atoms with Crippen LogP contribution in [-0.2, 0) is 9.59 Å². The first-order valence-corrected chi connectivity index (χ1v) is 6.84. The maximum atomic E-state index is 11.4. The largest absolute Gasteiger partial charge is 0.390 e. The van der Waals surface area contributed by atoms with E-state index in [0.29, 0.717) is 24.2 Å². The number of ketones is 1. The van der Waals surface area contributed by atoms with Crippen molar-refractivity contribution >= 4 is 17.4 Å². The summed E-state index contributed by atoms with van der Waals surface area (Å²) in [5.41, 5.74) is 1.12. The van der Waals surface area contributed by atoms with Gasteiger partial charge in [0.25, 0.3) is 0 Å². The monoisotopic (exact) mass is 294 g/mol. The molecule has 0 aliphatic rings. The Morgan fingerprint density at radius 2 is 1.81 bits per heavy atom. The Labute approximate surface area is 124 Å². The molecule has 2 atom stereocenters. The molecule has 21 heavy (non-hydrogen) atoms. The van der Waals surface area contributed by atoms with Crippen LogP contribution in [0.2, 0.25) is 0 Å². The molecular weight excluding hydrogens is 272 g/mol. The summed E-state index contributed by atoms with van der Waals surface area (Å²) in [6.45, 7) is 1.96. The molecule has 1 rings (SSSR count). The highest BCUT2D eigenvalue weighted by Crippen LogP contribution is 2.20. The molecular formula is C15H22N2O4. The predicted molar refractivity (Wildman–Crippen MR) is 79.9 cm³/mol. The van der Waals surface area contributed by atoms with Crippen molar-refractivity contribution in [1.29, 1.82) is 0 Å². The number of hydrogen-bond donors (Lipinski definition) is 4. The van der Waals surface area contributed by atoms with Gasteiger partial charge in [-0.05, 0) is 44.6 Å². The number of aliphatic hydroxyl groups excluding tert-OH is 2. The van der Waals surface area contributed by atoms with Crippen molar-refractivity contribution in [2.75, 3.05) is 18.9 Å². The van der Waals surface area contributed by atoms with Gasteiger partial charge >= 0.3 is 0 Å². The fourth-order valence-corrected chi connectivity index (χ4v) is 1.87. The Morgan fingerprint density at radius 1 is 1.19 bits per heavy atom. The molecule has 1 aromatic rings. The van der Waals surface area contributed by atoms with E-state index in [2.05, 4.69) is 10.6 Å². The van der Waals surface area contributed by atoms with Crippen molar-refractivity contribution in [1.82, 2.24) is 5.32 Å². The van der Waals surface area contributed by atoms with E-state index in [1.807, 2.05) is 0 Å². The number of nitrogens with one attached hydrogen (secondary N) is 2. The van der Waals surface area contributed by atoms with Crippen LogP contribution in [-0.4, -0.2) is 41.6 Å². The minimum Gasteiger partial charge on any atom is -0.390 e. The van der Waals surface area contributed by atoms with Crippen LogP contribution in [0.3, 0.4) is 0 Å². The average Bonchev–Trinajstić information content (AvgIpc) is 2.43. The zero-order valence-corrected chi connectivity index (χ0v) is 12.3. The van der Waals surface area contributed by atoms with Crippen molar-refractivity contribution in [3.05, 3.63) is 29.8 Å². The van der Waals surface area contributed by atoms with E-state index < -0.39 is 12.2 Å². The lowest BCUT2D eigenvalue weighted by molar-refractivity contribution is -0.124. The number of carbonyl (C=O) groups excluding carboxylic acids is 2. The summed E-state index contributed by atoms with van der Waals surface area (Å²) in [7, 11) is 1.78. The van der Waals surface area contributed by atoms with Gasteiger partial charge in [-0.25, -0.2) is 0 Å². The lowest BCUT2D eigenvalue weighted by Gasteiger charge is -2.18. The van der Waals surface area contributed by atoms with E-state index >= 15 is 0 Å². The van der Waals surface area contributed by atoms with Crippen LogP contribution < -0.4 is 10.6 Å². The summed E-state index contributed by atoms with van der Waals surface area (Å²) in [5.74, 6) is -0.572. The van der Waals surface area contributed by atoms with E-state index in [4.69, 9.17) is 0 Å². The van der Waals surface area contributed by atoms with Gasteiger partial charge < -0.3 is 20.8 Å². The van der Waals surface area contributed by atoms with Crippen LogP contribution in [0.1, 0.15) is 31.4 Å². The van der Waals surface area contributed by atoms with Gasteiger partial charge in [0.15, 0.2) is 0 Å². The molecule has 4 N–H and O–H groups in total. The van der Waals surface area contributed by atoms with E-state index in [9.17, 15) is 19.8 Å². The Kier molecular flexibility index (Phi) is 7.01. The summed E-state index contributed by atoms with van der Waals surface area (Å²) in [6, 6.07) is 6.52. The molecule has 0 aliphatic carbocycles. The Balaban J connectivity index is 2.60. The van der Waals surface area contributed by atoms with Gasteiger partial charge in [-0.3, -0.25) is 9.59 Å². The molecule has 116 valence electrons. The van der Waals surface area contributed by atoms with Gasteiger partial charge in [0.05, 0.1) is 12.5 Å². The molecule has 0 aromatic heterocycles. The smallest absolute Gasteiger partial charge is 0.231 e. The molecule has 0 radical (unpaired) electrons. The van der Waals surface area contributed by atoms with Gasteiger partial charge in [-0.15, -0.1) is 0 Å². The second-order valence-corrected chi connectivity index (χ2v) is 4.95. The number of Topliss-reactive ketones (excluding diaryl/α,β-unsaturated/α-hetero) is 1. The van der Waals surface area contributed by atoms with E-state index in [-0.39, 0.29) is 18.1 Å². The molecule has 1 aromatic carbocycles. The fraction of sp³-hybridized carbons (Fsp3) is 0.467. The molecule has 6 nitrogen and oxygen atoms in total. The molecule has 6 heteroatoms. The van der Waals surface area contributed by atoms with Crippen LogP contribution in [0.5, 0.6) is 0 Å². The second-order valence-electron chi connectivity index (χ2n) is 4.95. The van der Waals surface area contributed by atoms with Crippen LogP contribution >= 0.6 is 0 Å². The minimum absolute atomic E-state index is 0.160. The number of amides is 1. The summed E-state index contributed by atoms with van der Waals surface area (Å²) < 4.78 is 0. The SMILES string of the molecule is CNCCC(O)C(O)c1ccc(NC(=O)CC(C)=O)cc1. The summed E-state index contributed by atoms with van der Waals surface area (Å²) >= 11 is 0. The number of aliphatic hydroxyl groups is 2. The third kappa shape index (κ3) is 6.03. The van der Waals surface area contributed by atoms with Crippen LogP contribution in [0.4, 0.5) is 5.69 Å². The molecule has 0 bridgehead atoms. The normalized spacial score (nSPS) is 13.5. The van der Waals surface area contributed by atoms with E-state index in [1.54, 1.807) is 31.3 Å². The van der Waals surface area contributed by atoms with Crippen molar-refractivity contribution < 1.29 is 19.8 Å². The van der Waals surface area contributed by atoms with Crippen LogP contribution in [0.25, 0.3) is 0 Å². The second kappa shape index (κ2) is 8.51. The zero-order valence-electron chi connectivity index (χ0n) is 12.3. The molecule has 0 fully saturated rings. The Morgan fingerprint density at radius 3 is 2.33 bits per heavy atom. The number of benzene rings is 1. The Hall–Kier alpha value is -1.76. The topological polar surface area (TPSA) is 98.7 Å². The third-order valence-corrected chi connectivity index (χ3v) is 3.00. The lowest BCUT2D eigenvalue weighted by atomic mass is 10.0. The van der Waals surface area contributed by atoms with E-state index in [0.717, 1.165) is 0 Å². The maximum absolute atomic E-state index is 11.4. The highest BCUT2D eigenvalue weighted by atomic mass is 16.3. The van der Waals surface area contributed by atoms with Crippen molar-refractivity contribution in [2.24, 2.45) is 0 Å². The number of carbonyl (C=O) groups is 2. The fourth-order valence-electron chi connectivity index (χ4n) is 1.87. The molecule has 0 heterocycles. The highest BCUT2D eigenvalue weighted by molar-refractivity contribution is 6.03. The maximum Gasteiger partial charge on any atom is 0.231 e. The number of hydrogen-bond acceptors (Lipinski definition) is 5. The van der Waals surface area contributed by atoms with Crippen molar-refractivity contribution in [3.8, 4) is 0 Å². The third-order valence-electron chi connectivity index (χ3n) is 3.00. The van der Waals surface area contributed by atoms with Gasteiger partial charge in [0, 0.05) is 5.69 Å². The highest BCUT2D eigenvalue weighted by Gasteiger charge is 2.17. The quantitative estimate of drug-likeness (QED) is 0.527. The standard InChI is InChI=1S/C15H22N2O4/c1-10(18)9-14(20)17-12-5-3-11(4-6-12)15(21)13(19)7-8-16-2/h3-6,13,15-16,19,21H,7-9H2,1-2H3,(H,17,20). The summed E-state index contributed by atoms with van der Waals surface area (Å²) in [4.78, 5) is 22.3. The average molecular weight is 294 g/mol. The molecule has 1 amide bonds. The minimum atomic E-state index is -0.972. The number of anilines is 1. The first-order valence-electron chi connectivity index (χ1n) is 6.84. The van der Waals surface area contributed by atoms with Gasteiger partial charge in [0.1, 0.15) is 11.9 Å². The molecule has 0 saturated heterocycles. The summed E-state index contributed by atoms with van der Waals surface area (Å²) in [6.07, 6.45) is -1.54. The van der Waals surface area contributed by atoms with E-state index in [1.165, 1.54) is 6.92 Å². The molecule has 0 saturated carbocycles. The number of rotatable bonds is 8. The van der Waals surface area contributed by atoms with Crippen LogP contribution in [0.15, 0.2) is 24.3 Å². The predicted octanol–water partition coefficient (Wildman–Crippen LogP) is 0.608. The van der Waals surface area contributed by atoms with Gasteiger partial charge in [-0.1, -0.05) is 12.1 Å². The Bertz CT molecular complexity index is 473.